The maximum atomic E-state index is 12.9. The molecule has 8 heteroatoms. The molecule has 0 unspecified atom stereocenters. The predicted molar refractivity (Wildman–Crippen MR) is 98.2 cm³/mol. The number of allylic oxidation sites excluding steroid dienone is 2. The Morgan fingerprint density at radius 3 is 2.58 bits per heavy atom. The molecule has 0 radical (unpaired) electrons. The normalized spacial score (nSPS) is 29.2. The Bertz CT molecular complexity index is 968. The molecule has 1 N–H and O–H groups in total. The number of hydrogen-bond donors (Lipinski definition) is 1. The van der Waals surface area contributed by atoms with Crippen LogP contribution in [0.1, 0.15) is 6.42 Å². The minimum Gasteiger partial charge on any atom is -0.481 e. The minimum absolute atomic E-state index is 0.0467. The van der Waals surface area contributed by atoms with Gasteiger partial charge in [0.05, 0.1) is 33.5 Å². The van der Waals surface area contributed by atoms with Crippen LogP contribution in [0.4, 0.5) is 5.69 Å². The third kappa shape index (κ3) is 2.25. The molecule has 132 valence electrons. The summed E-state index contributed by atoms with van der Waals surface area (Å²) in [6.07, 6.45) is 5.08. The van der Waals surface area contributed by atoms with Gasteiger partial charge in [-0.2, -0.15) is 0 Å². The van der Waals surface area contributed by atoms with Crippen LogP contribution in [-0.4, -0.2) is 33.6 Å². The van der Waals surface area contributed by atoms with E-state index >= 15 is 0 Å². The monoisotopic (exact) mass is 386 g/mol. The highest BCUT2D eigenvalue weighted by Gasteiger charge is 2.59. The highest BCUT2D eigenvalue weighted by molar-refractivity contribution is 8.01. The molecule has 1 saturated heterocycles. The molecule has 0 spiro atoms. The molecule has 26 heavy (non-hydrogen) atoms. The number of anilines is 1. The van der Waals surface area contributed by atoms with Gasteiger partial charge >= 0.3 is 5.97 Å². The molecule has 2 aliphatic carbocycles. The number of carbonyl (C=O) groups excluding carboxylic acids is 2. The molecule has 1 aliphatic heterocycles. The van der Waals surface area contributed by atoms with Crippen molar-refractivity contribution in [1.82, 2.24) is 4.98 Å². The highest BCUT2D eigenvalue weighted by atomic mass is 32.2. The predicted octanol–water partition coefficient (Wildman–Crippen LogP) is 2.78. The van der Waals surface area contributed by atoms with Crippen LogP contribution >= 0.6 is 23.1 Å². The first kappa shape index (κ1) is 16.0. The number of thiazole rings is 1. The van der Waals surface area contributed by atoms with Crippen molar-refractivity contribution in [2.75, 3.05) is 10.7 Å². The van der Waals surface area contributed by atoms with Gasteiger partial charge in [0, 0.05) is 0 Å². The molecule has 6 nitrogen and oxygen atoms in total. The lowest BCUT2D eigenvalue weighted by atomic mass is 9.85. The molecule has 1 aromatic heterocycles. The van der Waals surface area contributed by atoms with Crippen LogP contribution in [0.25, 0.3) is 10.2 Å². The summed E-state index contributed by atoms with van der Waals surface area (Å²) in [6, 6.07) is 5.34. The summed E-state index contributed by atoms with van der Waals surface area (Å²) in [6.45, 7) is 0. The summed E-state index contributed by atoms with van der Waals surface area (Å²) < 4.78 is 1.51. The minimum atomic E-state index is -0.891. The molecule has 2 aromatic rings. The number of nitrogens with zero attached hydrogens (tertiary/aromatic N) is 2. The number of fused-ring (bicyclic) bond motifs is 6. The van der Waals surface area contributed by atoms with Gasteiger partial charge in [-0.1, -0.05) is 23.9 Å². The van der Waals surface area contributed by atoms with Crippen LogP contribution in [0.3, 0.4) is 0 Å². The van der Waals surface area contributed by atoms with E-state index in [1.807, 2.05) is 6.07 Å². The fourth-order valence-corrected chi connectivity index (χ4v) is 6.19. The highest BCUT2D eigenvalue weighted by Crippen LogP contribution is 2.53. The Kier molecular flexibility index (Phi) is 3.48. The smallest absolute Gasteiger partial charge is 0.313 e. The van der Waals surface area contributed by atoms with E-state index in [4.69, 9.17) is 5.11 Å². The lowest BCUT2D eigenvalue weighted by Gasteiger charge is -2.17. The number of amides is 2. The number of aromatic nitrogens is 1. The molecule has 2 amide bonds. The van der Waals surface area contributed by atoms with Gasteiger partial charge in [0.1, 0.15) is 0 Å². The summed E-state index contributed by atoms with van der Waals surface area (Å²) in [7, 11) is 0. The van der Waals surface area contributed by atoms with Gasteiger partial charge in [-0.05, 0) is 36.5 Å². The second-order valence-electron chi connectivity index (χ2n) is 6.83. The van der Waals surface area contributed by atoms with Crippen LogP contribution in [0.2, 0.25) is 0 Å². The lowest BCUT2D eigenvalue weighted by Crippen LogP contribution is -2.32. The van der Waals surface area contributed by atoms with Crippen molar-refractivity contribution in [2.24, 2.45) is 23.7 Å². The quantitative estimate of drug-likeness (QED) is 0.494. The summed E-state index contributed by atoms with van der Waals surface area (Å²) in [5, 5.41) is 8.79. The van der Waals surface area contributed by atoms with E-state index in [9.17, 15) is 14.4 Å². The average molecular weight is 386 g/mol. The van der Waals surface area contributed by atoms with E-state index in [0.29, 0.717) is 10.0 Å². The Hall–Kier alpha value is -2.19. The summed E-state index contributed by atoms with van der Waals surface area (Å²) in [4.78, 5) is 42.2. The first-order chi connectivity index (χ1) is 12.5. The number of carboxylic acid groups (broad SMARTS) is 1. The molecule has 1 saturated carbocycles. The fraction of sp³-hybridized carbons (Fsp3) is 0.333. The van der Waals surface area contributed by atoms with E-state index in [-0.39, 0.29) is 41.2 Å². The van der Waals surface area contributed by atoms with Gasteiger partial charge in [-0.3, -0.25) is 14.4 Å². The average Bonchev–Trinajstić information content (AvgIpc) is 3.35. The second kappa shape index (κ2) is 5.65. The van der Waals surface area contributed by atoms with Gasteiger partial charge in [-0.15, -0.1) is 11.3 Å². The van der Waals surface area contributed by atoms with Crippen LogP contribution in [-0.2, 0) is 14.4 Å². The molecular formula is C18H14N2O4S2. The van der Waals surface area contributed by atoms with Crippen LogP contribution in [0.15, 0.2) is 34.7 Å². The zero-order valence-corrected chi connectivity index (χ0v) is 15.1. The third-order valence-corrected chi connectivity index (χ3v) is 7.55. The molecule has 2 bridgehead atoms. The third-order valence-electron chi connectivity index (χ3n) is 5.40. The first-order valence-electron chi connectivity index (χ1n) is 8.34. The van der Waals surface area contributed by atoms with Gasteiger partial charge in [0.15, 0.2) is 4.34 Å². The molecule has 1 aromatic carbocycles. The zero-order chi connectivity index (χ0) is 18.0. The molecule has 4 atom stereocenters. The SMILES string of the molecule is O=C(O)CSc1nc2ccc(N3C(=O)[C@H]4[C@H](C3=O)[C@H]3C=C[C@H]4C3)cc2s1. The van der Waals surface area contributed by atoms with Crippen molar-refractivity contribution in [1.29, 1.82) is 0 Å². The Balaban J connectivity index is 1.47. The van der Waals surface area contributed by atoms with Crippen molar-refractivity contribution in [3.8, 4) is 0 Å². The fourth-order valence-electron chi connectivity index (χ4n) is 4.37. The van der Waals surface area contributed by atoms with E-state index < -0.39 is 5.97 Å². The molecular weight excluding hydrogens is 372 g/mol. The molecule has 5 rings (SSSR count). The number of carboxylic acids is 1. The van der Waals surface area contributed by atoms with Gasteiger partial charge < -0.3 is 5.11 Å². The topological polar surface area (TPSA) is 87.6 Å². The van der Waals surface area contributed by atoms with E-state index in [2.05, 4.69) is 17.1 Å². The Labute approximate surface area is 156 Å². The van der Waals surface area contributed by atoms with Gasteiger partial charge in [0.25, 0.3) is 0 Å². The largest absolute Gasteiger partial charge is 0.481 e. The van der Waals surface area contributed by atoms with Crippen molar-refractivity contribution < 1.29 is 19.5 Å². The van der Waals surface area contributed by atoms with E-state index in [1.165, 1.54) is 28.0 Å². The maximum Gasteiger partial charge on any atom is 0.313 e. The van der Waals surface area contributed by atoms with Gasteiger partial charge in [-0.25, -0.2) is 9.88 Å². The lowest BCUT2D eigenvalue weighted by molar-refractivity contribution is -0.134. The zero-order valence-electron chi connectivity index (χ0n) is 13.5. The van der Waals surface area contributed by atoms with Crippen molar-refractivity contribution in [2.45, 2.75) is 10.8 Å². The molecule has 2 heterocycles. The number of thioether (sulfide) groups is 1. The first-order valence-corrected chi connectivity index (χ1v) is 10.1. The number of carbonyl (C=O) groups is 3. The number of rotatable bonds is 4. The van der Waals surface area contributed by atoms with Crippen LogP contribution < -0.4 is 4.90 Å². The standard InChI is InChI=1S/C18H14N2O4S2/c21-13(22)7-25-18-19-11-4-3-10(6-12(11)26-18)20-16(23)14-8-1-2-9(5-8)15(14)17(20)24/h1-4,6,8-9,14-15H,5,7H2,(H,21,22)/t8-,9-,14+,15+/m0/s1. The number of aliphatic carboxylic acids is 1. The summed E-state index contributed by atoms with van der Waals surface area (Å²) >= 11 is 2.54. The number of hydrogen-bond acceptors (Lipinski definition) is 6. The number of benzene rings is 1. The summed E-state index contributed by atoms with van der Waals surface area (Å²) in [5.74, 6) is -1.17. The van der Waals surface area contributed by atoms with E-state index in [0.717, 1.165) is 16.6 Å². The van der Waals surface area contributed by atoms with Crippen LogP contribution in [0.5, 0.6) is 0 Å². The van der Waals surface area contributed by atoms with Crippen LogP contribution in [0, 0.1) is 23.7 Å². The van der Waals surface area contributed by atoms with Crippen molar-refractivity contribution in [3.05, 3.63) is 30.4 Å². The second-order valence-corrected chi connectivity index (χ2v) is 9.08. The van der Waals surface area contributed by atoms with Gasteiger partial charge in [0.2, 0.25) is 11.8 Å². The Morgan fingerprint density at radius 2 is 1.92 bits per heavy atom. The van der Waals surface area contributed by atoms with Crippen molar-refractivity contribution >= 4 is 56.8 Å². The molecule has 3 aliphatic rings. The van der Waals surface area contributed by atoms with Crippen molar-refractivity contribution in [3.63, 3.8) is 0 Å². The maximum absolute atomic E-state index is 12.9. The molecule has 2 fully saturated rings. The number of imide groups is 1. The Morgan fingerprint density at radius 1 is 1.23 bits per heavy atom. The van der Waals surface area contributed by atoms with E-state index in [1.54, 1.807) is 12.1 Å². The summed E-state index contributed by atoms with van der Waals surface area (Å²) in [5.41, 5.74) is 1.33.